The Kier molecular flexibility index (Phi) is 7.12. The Morgan fingerprint density at radius 3 is 1.77 bits per heavy atom. The van der Waals surface area contributed by atoms with Crippen molar-refractivity contribution < 1.29 is 24.1 Å². The van der Waals surface area contributed by atoms with Gasteiger partial charge in [0, 0.05) is 17.2 Å². The Hall–Kier alpha value is -3.99. The average Bonchev–Trinajstić information content (AvgIpc) is 2.81. The maximum atomic E-state index is 12.6. The Morgan fingerprint density at radius 2 is 1.23 bits per heavy atom. The zero-order chi connectivity index (χ0) is 22.2. The van der Waals surface area contributed by atoms with Crippen LogP contribution >= 0.6 is 0 Å². The van der Waals surface area contributed by atoms with Crippen molar-refractivity contribution in [3.05, 3.63) is 89.0 Å². The molecule has 3 aromatic rings. The molecule has 0 aromatic heterocycles. The SMILES string of the molecule is COc1cc(OC)c(OC)cc1/C=C/C(=O)c1ccc(/C=C/c2ccc(O)cc2)cc1. The van der Waals surface area contributed by atoms with Gasteiger partial charge in [0.15, 0.2) is 17.3 Å². The van der Waals surface area contributed by atoms with E-state index in [1.807, 2.05) is 36.4 Å². The third-order valence-electron chi connectivity index (χ3n) is 4.71. The largest absolute Gasteiger partial charge is 0.508 e. The lowest BCUT2D eigenvalue weighted by atomic mass is 10.1. The fraction of sp³-hybridized carbons (Fsp3) is 0.115. The van der Waals surface area contributed by atoms with Gasteiger partial charge in [-0.25, -0.2) is 0 Å². The van der Waals surface area contributed by atoms with Crippen molar-refractivity contribution in [2.45, 2.75) is 0 Å². The molecule has 0 atom stereocenters. The van der Waals surface area contributed by atoms with E-state index >= 15 is 0 Å². The molecule has 0 unspecified atom stereocenters. The summed E-state index contributed by atoms with van der Waals surface area (Å²) in [7, 11) is 4.67. The number of aromatic hydroxyl groups is 1. The number of hydrogen-bond donors (Lipinski definition) is 1. The van der Waals surface area contributed by atoms with Crippen LogP contribution in [0.2, 0.25) is 0 Å². The summed E-state index contributed by atoms with van der Waals surface area (Å²) in [6, 6.07) is 17.8. The molecule has 0 fully saturated rings. The predicted molar refractivity (Wildman–Crippen MR) is 123 cm³/mol. The van der Waals surface area contributed by atoms with E-state index in [2.05, 4.69) is 0 Å². The molecule has 3 aromatic carbocycles. The third kappa shape index (κ3) is 5.54. The van der Waals surface area contributed by atoms with Gasteiger partial charge in [0.2, 0.25) is 0 Å². The Bertz CT molecular complexity index is 1090. The number of benzene rings is 3. The second-order valence-corrected chi connectivity index (χ2v) is 6.69. The van der Waals surface area contributed by atoms with Gasteiger partial charge < -0.3 is 19.3 Å². The van der Waals surface area contributed by atoms with Gasteiger partial charge in [-0.05, 0) is 41.5 Å². The standard InChI is InChI=1S/C26H24O5/c1-29-24-17-26(31-3)25(30-2)16-21(24)12-15-23(28)20-10-6-18(7-11-20)4-5-19-8-13-22(27)14-9-19/h4-17,27H,1-3H3/b5-4+,15-12+. The number of hydrogen-bond acceptors (Lipinski definition) is 5. The molecule has 5 heteroatoms. The van der Waals surface area contributed by atoms with Crippen molar-refractivity contribution in [2.24, 2.45) is 0 Å². The van der Waals surface area contributed by atoms with Crippen LogP contribution in [0.25, 0.3) is 18.2 Å². The summed E-state index contributed by atoms with van der Waals surface area (Å²) in [5, 5.41) is 9.34. The first-order valence-electron chi connectivity index (χ1n) is 9.63. The van der Waals surface area contributed by atoms with E-state index in [4.69, 9.17) is 14.2 Å². The number of allylic oxidation sites excluding steroid dienone is 1. The van der Waals surface area contributed by atoms with Crippen molar-refractivity contribution in [1.29, 1.82) is 0 Å². The summed E-state index contributed by atoms with van der Waals surface area (Å²) in [6.07, 6.45) is 7.09. The van der Waals surface area contributed by atoms with Gasteiger partial charge in [-0.2, -0.15) is 0 Å². The van der Waals surface area contributed by atoms with Crippen molar-refractivity contribution in [1.82, 2.24) is 0 Å². The van der Waals surface area contributed by atoms with E-state index in [0.717, 1.165) is 11.1 Å². The third-order valence-corrected chi connectivity index (χ3v) is 4.71. The second-order valence-electron chi connectivity index (χ2n) is 6.69. The summed E-state index contributed by atoms with van der Waals surface area (Å²) in [5.74, 6) is 1.81. The highest BCUT2D eigenvalue weighted by molar-refractivity contribution is 6.07. The van der Waals surface area contributed by atoms with Crippen LogP contribution in [0.3, 0.4) is 0 Å². The number of phenolic OH excluding ortho intramolecular Hbond substituents is 1. The predicted octanol–water partition coefficient (Wildman–Crippen LogP) is 5.48. The number of rotatable bonds is 8. The number of phenols is 1. The van der Waals surface area contributed by atoms with Crippen LogP contribution in [0.1, 0.15) is 27.0 Å². The van der Waals surface area contributed by atoms with E-state index in [1.54, 1.807) is 63.8 Å². The summed E-state index contributed by atoms with van der Waals surface area (Å²) >= 11 is 0. The van der Waals surface area contributed by atoms with Crippen LogP contribution in [-0.4, -0.2) is 32.2 Å². The number of carbonyl (C=O) groups excluding carboxylic acids is 1. The lowest BCUT2D eigenvalue weighted by molar-refractivity contribution is 0.104. The quantitative estimate of drug-likeness (QED) is 0.299. The van der Waals surface area contributed by atoms with E-state index in [1.165, 1.54) is 6.08 Å². The first-order valence-corrected chi connectivity index (χ1v) is 9.63. The molecule has 0 heterocycles. The smallest absolute Gasteiger partial charge is 0.185 e. The maximum absolute atomic E-state index is 12.6. The van der Waals surface area contributed by atoms with Crippen LogP contribution in [0.5, 0.6) is 23.0 Å². The van der Waals surface area contributed by atoms with Gasteiger partial charge in [0.1, 0.15) is 11.5 Å². The van der Waals surface area contributed by atoms with Crippen molar-refractivity contribution >= 4 is 24.0 Å². The van der Waals surface area contributed by atoms with Gasteiger partial charge in [-0.15, -0.1) is 0 Å². The summed E-state index contributed by atoms with van der Waals surface area (Å²) in [4.78, 5) is 12.6. The van der Waals surface area contributed by atoms with Gasteiger partial charge in [0.25, 0.3) is 0 Å². The van der Waals surface area contributed by atoms with E-state index in [-0.39, 0.29) is 11.5 Å². The highest BCUT2D eigenvalue weighted by Crippen LogP contribution is 2.35. The molecule has 0 aliphatic rings. The van der Waals surface area contributed by atoms with Crippen LogP contribution in [0.15, 0.2) is 66.7 Å². The van der Waals surface area contributed by atoms with Crippen molar-refractivity contribution in [3.8, 4) is 23.0 Å². The van der Waals surface area contributed by atoms with Crippen molar-refractivity contribution in [2.75, 3.05) is 21.3 Å². The van der Waals surface area contributed by atoms with E-state index in [9.17, 15) is 9.90 Å². The Labute approximate surface area is 181 Å². The van der Waals surface area contributed by atoms with Crippen LogP contribution < -0.4 is 14.2 Å². The first kappa shape index (κ1) is 21.7. The normalized spacial score (nSPS) is 11.1. The Balaban J connectivity index is 1.73. The Morgan fingerprint density at radius 1 is 0.710 bits per heavy atom. The molecule has 0 aliphatic carbocycles. The molecule has 1 N–H and O–H groups in total. The van der Waals surface area contributed by atoms with Gasteiger partial charge in [-0.1, -0.05) is 48.6 Å². The highest BCUT2D eigenvalue weighted by Gasteiger charge is 2.10. The monoisotopic (exact) mass is 416 g/mol. The molecule has 0 radical (unpaired) electrons. The molecule has 0 amide bonds. The van der Waals surface area contributed by atoms with E-state index < -0.39 is 0 Å². The number of ether oxygens (including phenoxy) is 3. The minimum absolute atomic E-state index is 0.120. The van der Waals surface area contributed by atoms with Gasteiger partial charge in [-0.3, -0.25) is 4.79 Å². The van der Waals surface area contributed by atoms with E-state index in [0.29, 0.717) is 28.4 Å². The highest BCUT2D eigenvalue weighted by atomic mass is 16.5. The average molecular weight is 416 g/mol. The molecular weight excluding hydrogens is 392 g/mol. The fourth-order valence-corrected chi connectivity index (χ4v) is 2.98. The molecule has 31 heavy (non-hydrogen) atoms. The lowest BCUT2D eigenvalue weighted by Gasteiger charge is -2.12. The minimum Gasteiger partial charge on any atom is -0.508 e. The number of methoxy groups -OCH3 is 3. The van der Waals surface area contributed by atoms with Gasteiger partial charge >= 0.3 is 0 Å². The van der Waals surface area contributed by atoms with Crippen LogP contribution in [0, 0.1) is 0 Å². The van der Waals surface area contributed by atoms with Crippen LogP contribution in [0.4, 0.5) is 0 Å². The molecule has 0 saturated heterocycles. The summed E-state index contributed by atoms with van der Waals surface area (Å²) in [5.41, 5.74) is 3.24. The molecular formula is C26H24O5. The van der Waals surface area contributed by atoms with Gasteiger partial charge in [0.05, 0.1) is 21.3 Å². The molecule has 3 rings (SSSR count). The number of carbonyl (C=O) groups is 1. The topological polar surface area (TPSA) is 65.0 Å². The van der Waals surface area contributed by atoms with Crippen LogP contribution in [-0.2, 0) is 0 Å². The fourth-order valence-electron chi connectivity index (χ4n) is 2.98. The molecule has 158 valence electrons. The lowest BCUT2D eigenvalue weighted by Crippen LogP contribution is -1.96. The summed E-state index contributed by atoms with van der Waals surface area (Å²) < 4.78 is 16.0. The molecule has 0 aliphatic heterocycles. The minimum atomic E-state index is -0.120. The molecule has 0 saturated carbocycles. The zero-order valence-corrected chi connectivity index (χ0v) is 17.7. The van der Waals surface area contributed by atoms with Crippen molar-refractivity contribution in [3.63, 3.8) is 0 Å². The number of ketones is 1. The molecule has 5 nitrogen and oxygen atoms in total. The first-order chi connectivity index (χ1) is 15.0. The maximum Gasteiger partial charge on any atom is 0.185 e. The zero-order valence-electron chi connectivity index (χ0n) is 17.7. The summed E-state index contributed by atoms with van der Waals surface area (Å²) in [6.45, 7) is 0. The molecule has 0 bridgehead atoms. The molecule has 0 spiro atoms. The second kappa shape index (κ2) is 10.2.